The topological polar surface area (TPSA) is 153 Å². The normalized spacial score (nSPS) is 19.2. The number of pyridine rings is 2. The monoisotopic (exact) mass is 472 g/mol. The molecule has 4 N–H and O–H groups in total. The zero-order valence-corrected chi connectivity index (χ0v) is 18.9. The van der Waals surface area contributed by atoms with Crippen LogP contribution in [0.2, 0.25) is 0 Å². The van der Waals surface area contributed by atoms with E-state index in [0.717, 1.165) is 0 Å². The number of aromatic carboxylic acids is 1. The van der Waals surface area contributed by atoms with Gasteiger partial charge in [0.25, 0.3) is 0 Å². The van der Waals surface area contributed by atoms with Crippen molar-refractivity contribution in [2.75, 3.05) is 31.6 Å². The highest BCUT2D eigenvalue weighted by Gasteiger charge is 2.34. The molecule has 3 atom stereocenters. The van der Waals surface area contributed by atoms with Gasteiger partial charge in [-0.15, -0.1) is 11.3 Å². The zero-order valence-electron chi connectivity index (χ0n) is 18.1. The molecular formula is C21H24N6O5S. The number of carboxylic acids is 1. The molecule has 4 heterocycles. The Morgan fingerprint density at radius 1 is 1.39 bits per heavy atom. The van der Waals surface area contributed by atoms with Gasteiger partial charge in [0.15, 0.2) is 16.6 Å². The summed E-state index contributed by atoms with van der Waals surface area (Å²) in [5.41, 5.74) is 5.01. The summed E-state index contributed by atoms with van der Waals surface area (Å²) < 4.78 is 7.12. The van der Waals surface area contributed by atoms with Crippen molar-refractivity contribution in [1.29, 1.82) is 0 Å². The lowest BCUT2D eigenvalue weighted by Gasteiger charge is -2.19. The molecule has 0 radical (unpaired) electrons. The van der Waals surface area contributed by atoms with Crippen LogP contribution in [0, 0.1) is 0 Å². The van der Waals surface area contributed by atoms with E-state index in [0.29, 0.717) is 29.7 Å². The number of rotatable bonds is 8. The number of anilines is 1. The highest BCUT2D eigenvalue weighted by atomic mass is 32.1. The molecule has 0 aliphatic carbocycles. The van der Waals surface area contributed by atoms with Gasteiger partial charge < -0.3 is 25.8 Å². The van der Waals surface area contributed by atoms with Gasteiger partial charge in [0, 0.05) is 38.0 Å². The van der Waals surface area contributed by atoms with Crippen LogP contribution in [0.3, 0.4) is 0 Å². The van der Waals surface area contributed by atoms with E-state index in [1.165, 1.54) is 22.1 Å². The Morgan fingerprint density at radius 2 is 2.18 bits per heavy atom. The van der Waals surface area contributed by atoms with E-state index in [9.17, 15) is 19.5 Å². The van der Waals surface area contributed by atoms with Crippen molar-refractivity contribution < 1.29 is 19.4 Å². The Labute approximate surface area is 192 Å². The summed E-state index contributed by atoms with van der Waals surface area (Å²) in [7, 11) is 1.61. The summed E-state index contributed by atoms with van der Waals surface area (Å²) in [6.45, 7) is 2.84. The molecule has 4 rings (SSSR count). The third-order valence-electron chi connectivity index (χ3n) is 5.63. The number of methoxy groups -OCH3 is 1. The maximum Gasteiger partial charge on any atom is 0.341 e. The number of aromatic nitrogens is 3. The van der Waals surface area contributed by atoms with E-state index in [2.05, 4.69) is 10.3 Å². The first-order valence-electron chi connectivity index (χ1n) is 10.3. The number of carbonyl (C=O) groups excluding carboxylic acids is 1. The predicted octanol–water partition coefficient (Wildman–Crippen LogP) is 0.250. The fourth-order valence-corrected chi connectivity index (χ4v) is 4.41. The molecule has 1 fully saturated rings. The second kappa shape index (κ2) is 9.35. The van der Waals surface area contributed by atoms with Gasteiger partial charge in [-0.1, -0.05) is 0 Å². The summed E-state index contributed by atoms with van der Waals surface area (Å²) >= 11 is 1.30. The Bertz CT molecular complexity index is 1240. The van der Waals surface area contributed by atoms with Gasteiger partial charge in [-0.2, -0.15) is 0 Å². The molecule has 1 saturated heterocycles. The minimum atomic E-state index is -1.31. The van der Waals surface area contributed by atoms with Gasteiger partial charge >= 0.3 is 5.97 Å². The Hall–Kier alpha value is -3.19. The van der Waals surface area contributed by atoms with Crippen LogP contribution in [0.1, 0.15) is 17.3 Å². The first kappa shape index (κ1) is 23.0. The molecule has 3 aromatic rings. The second-order valence-electron chi connectivity index (χ2n) is 7.82. The lowest BCUT2D eigenvalue weighted by Crippen LogP contribution is -2.45. The van der Waals surface area contributed by atoms with E-state index in [1.54, 1.807) is 37.7 Å². The molecule has 1 aliphatic heterocycles. The van der Waals surface area contributed by atoms with Crippen molar-refractivity contribution in [3.8, 4) is 5.13 Å². The van der Waals surface area contributed by atoms with E-state index < -0.39 is 17.4 Å². The first-order chi connectivity index (χ1) is 15.8. The van der Waals surface area contributed by atoms with Crippen LogP contribution >= 0.6 is 11.3 Å². The largest absolute Gasteiger partial charge is 0.477 e. The highest BCUT2D eigenvalue weighted by Crippen LogP contribution is 2.24. The molecule has 0 bridgehead atoms. The number of nitrogens with two attached hydrogens (primary N) is 1. The van der Waals surface area contributed by atoms with Gasteiger partial charge in [0.05, 0.1) is 30.1 Å². The smallest absolute Gasteiger partial charge is 0.341 e. The molecular weight excluding hydrogens is 448 g/mol. The van der Waals surface area contributed by atoms with Crippen LogP contribution in [0.5, 0.6) is 0 Å². The van der Waals surface area contributed by atoms with Crippen molar-refractivity contribution in [2.24, 2.45) is 5.73 Å². The maximum atomic E-state index is 12.7. The average molecular weight is 473 g/mol. The quantitative estimate of drug-likeness (QED) is 0.416. The van der Waals surface area contributed by atoms with Crippen LogP contribution in [0.25, 0.3) is 16.2 Å². The molecule has 3 aromatic heterocycles. The SMILES string of the molecule is CO[C@@H]1CN(c2ccc3c(=O)c(C(=O)O)cn(-c4nccs4)c3n2)C[C@H]1NCC(=O)[C@H](C)N. The van der Waals surface area contributed by atoms with Crippen LogP contribution in [0.15, 0.2) is 34.7 Å². The summed E-state index contributed by atoms with van der Waals surface area (Å²) in [5, 5.41) is 15.1. The van der Waals surface area contributed by atoms with Crippen LogP contribution in [0.4, 0.5) is 5.82 Å². The number of fused-ring (bicyclic) bond motifs is 1. The molecule has 1 aliphatic rings. The number of thiazole rings is 1. The van der Waals surface area contributed by atoms with Crippen LogP contribution in [-0.4, -0.2) is 76.3 Å². The standard InChI is InChI=1S/C21H24N6O5S/c1-11(22)15(28)7-24-14-9-26(10-16(14)32-2)17-4-3-12-18(29)13(20(30)31)8-27(19(12)25-17)21-23-5-6-33-21/h3-6,8,11,14,16,24H,7,9-10,22H2,1-2H3,(H,30,31)/t11-,14+,16+/m0/s1. The van der Waals surface area contributed by atoms with Gasteiger partial charge in [0.1, 0.15) is 11.4 Å². The van der Waals surface area contributed by atoms with Crippen molar-refractivity contribution in [3.63, 3.8) is 0 Å². The highest BCUT2D eigenvalue weighted by molar-refractivity contribution is 7.12. The molecule has 0 aromatic carbocycles. The van der Waals surface area contributed by atoms with Gasteiger partial charge in [0.2, 0.25) is 5.43 Å². The number of carbonyl (C=O) groups is 2. The number of nitrogens with one attached hydrogen (secondary N) is 1. The average Bonchev–Trinajstić information content (AvgIpc) is 3.47. The molecule has 12 heteroatoms. The van der Waals surface area contributed by atoms with E-state index in [-0.39, 0.29) is 35.4 Å². The van der Waals surface area contributed by atoms with E-state index in [4.69, 9.17) is 15.5 Å². The minimum absolute atomic E-state index is 0.0890. The number of nitrogens with zero attached hydrogens (tertiary/aromatic N) is 4. The second-order valence-corrected chi connectivity index (χ2v) is 8.70. The molecule has 0 saturated carbocycles. The number of ketones is 1. The summed E-state index contributed by atoms with van der Waals surface area (Å²) in [5.74, 6) is -0.803. The van der Waals surface area contributed by atoms with Gasteiger partial charge in [-0.25, -0.2) is 14.8 Å². The zero-order chi connectivity index (χ0) is 23.7. The van der Waals surface area contributed by atoms with E-state index >= 15 is 0 Å². The minimum Gasteiger partial charge on any atom is -0.477 e. The number of hydrogen-bond donors (Lipinski definition) is 3. The Balaban J connectivity index is 1.70. The lowest BCUT2D eigenvalue weighted by atomic mass is 10.2. The molecule has 0 amide bonds. The number of ether oxygens (including phenoxy) is 1. The third kappa shape index (κ3) is 4.50. The van der Waals surface area contributed by atoms with Crippen LogP contribution < -0.4 is 21.4 Å². The molecule has 11 nitrogen and oxygen atoms in total. The summed E-state index contributed by atoms with van der Waals surface area (Å²) in [4.78, 5) is 47.2. The number of hydrogen-bond acceptors (Lipinski definition) is 10. The molecule has 0 spiro atoms. The fraction of sp³-hybridized carbons (Fsp3) is 0.381. The Morgan fingerprint density at radius 3 is 2.82 bits per heavy atom. The fourth-order valence-electron chi connectivity index (χ4n) is 3.79. The van der Waals surface area contributed by atoms with Crippen molar-refractivity contribution in [2.45, 2.75) is 25.1 Å². The maximum absolute atomic E-state index is 12.7. The third-order valence-corrected chi connectivity index (χ3v) is 6.40. The molecule has 174 valence electrons. The molecule has 33 heavy (non-hydrogen) atoms. The van der Waals surface area contributed by atoms with Crippen molar-refractivity contribution >= 4 is 39.9 Å². The molecule has 0 unspecified atom stereocenters. The van der Waals surface area contributed by atoms with Gasteiger partial charge in [-0.3, -0.25) is 14.2 Å². The van der Waals surface area contributed by atoms with Crippen molar-refractivity contribution in [3.05, 3.63) is 45.7 Å². The van der Waals surface area contributed by atoms with Crippen molar-refractivity contribution in [1.82, 2.24) is 19.9 Å². The number of Topliss-reactive ketones (excluding diaryl/α,β-unsaturated/α-hetero) is 1. The van der Waals surface area contributed by atoms with Crippen LogP contribution in [-0.2, 0) is 9.53 Å². The number of carboxylic acid groups (broad SMARTS) is 1. The summed E-state index contributed by atoms with van der Waals surface area (Å²) in [6.07, 6.45) is 2.67. The Kier molecular flexibility index (Phi) is 6.51. The summed E-state index contributed by atoms with van der Waals surface area (Å²) in [6, 6.07) is 2.60. The van der Waals surface area contributed by atoms with Gasteiger partial charge in [-0.05, 0) is 19.1 Å². The van der Waals surface area contributed by atoms with E-state index in [1.807, 2.05) is 4.90 Å². The predicted molar refractivity (Wildman–Crippen MR) is 123 cm³/mol. The first-order valence-corrected chi connectivity index (χ1v) is 11.2. The lowest BCUT2D eigenvalue weighted by molar-refractivity contribution is -0.119.